The van der Waals surface area contributed by atoms with E-state index < -0.39 is 37.9 Å². The highest BCUT2D eigenvalue weighted by atomic mass is 32.2. The minimum atomic E-state index is -3.91. The molecule has 0 aliphatic carbocycles. The van der Waals surface area contributed by atoms with Gasteiger partial charge in [-0.25, -0.2) is 16.8 Å². The van der Waals surface area contributed by atoms with Crippen LogP contribution in [0.3, 0.4) is 0 Å². The van der Waals surface area contributed by atoms with Gasteiger partial charge in [-0.05, 0) is 57.1 Å². The number of rotatable bonds is 7. The number of sulfonamides is 1. The summed E-state index contributed by atoms with van der Waals surface area (Å²) in [6, 6.07) is 3.95. The van der Waals surface area contributed by atoms with Crippen molar-refractivity contribution in [2.75, 3.05) is 31.7 Å². The molecule has 1 aromatic rings. The largest absolute Gasteiger partial charge is 0.497 e. The molecule has 162 valence electrons. The third kappa shape index (κ3) is 5.27. The van der Waals surface area contributed by atoms with E-state index in [0.717, 1.165) is 25.9 Å². The van der Waals surface area contributed by atoms with E-state index in [4.69, 9.17) is 4.74 Å². The zero-order valence-electron chi connectivity index (χ0n) is 16.5. The zero-order valence-corrected chi connectivity index (χ0v) is 18.1. The van der Waals surface area contributed by atoms with Crippen LogP contribution in [0.25, 0.3) is 0 Å². The van der Waals surface area contributed by atoms with Crippen LogP contribution >= 0.6 is 0 Å². The van der Waals surface area contributed by atoms with Crippen molar-refractivity contribution in [3.05, 3.63) is 24.3 Å². The lowest BCUT2D eigenvalue weighted by molar-refractivity contribution is -0.123. The third-order valence-corrected chi connectivity index (χ3v) is 8.63. The number of ether oxygens (including phenoxy) is 1. The summed E-state index contributed by atoms with van der Waals surface area (Å²) in [6.07, 6.45) is 2.02. The number of nitrogens with one attached hydrogen (secondary N) is 2. The highest BCUT2D eigenvalue weighted by Gasteiger charge is 2.42. The molecule has 2 aliphatic heterocycles. The van der Waals surface area contributed by atoms with Gasteiger partial charge in [0.2, 0.25) is 15.9 Å². The lowest BCUT2D eigenvalue weighted by Gasteiger charge is -2.29. The van der Waals surface area contributed by atoms with Gasteiger partial charge in [0.05, 0.1) is 35.6 Å². The number of likely N-dealkylation sites (tertiary alicyclic amines) is 1. The van der Waals surface area contributed by atoms with Gasteiger partial charge in [-0.3, -0.25) is 9.69 Å². The Labute approximate surface area is 171 Å². The Balaban J connectivity index is 1.65. The van der Waals surface area contributed by atoms with Gasteiger partial charge in [0, 0.05) is 6.04 Å². The van der Waals surface area contributed by atoms with Crippen molar-refractivity contribution < 1.29 is 26.4 Å². The molecule has 3 atom stereocenters. The van der Waals surface area contributed by atoms with E-state index in [0.29, 0.717) is 5.75 Å². The molecular weight excluding hydrogens is 418 g/mol. The lowest BCUT2D eigenvalue weighted by atomic mass is 10.1. The molecule has 1 amide bonds. The maximum Gasteiger partial charge on any atom is 0.241 e. The SMILES string of the molecule is COc1ccc(S(=O)(=O)N[C@@H](C)C(=O)NC2CS(=O)(=O)CC2N2CCCC2)cc1. The van der Waals surface area contributed by atoms with Crippen LogP contribution in [-0.2, 0) is 24.7 Å². The quantitative estimate of drug-likeness (QED) is 0.593. The first-order valence-corrected chi connectivity index (χ1v) is 12.8. The second kappa shape index (κ2) is 8.58. The number of nitrogens with zero attached hydrogens (tertiary/aromatic N) is 1. The summed E-state index contributed by atoms with van der Waals surface area (Å²) in [5.41, 5.74) is 0. The Kier molecular flexibility index (Phi) is 6.51. The average Bonchev–Trinajstić information content (AvgIpc) is 3.28. The number of hydrogen-bond acceptors (Lipinski definition) is 7. The third-order valence-electron chi connectivity index (χ3n) is 5.35. The molecule has 1 aromatic carbocycles. The van der Waals surface area contributed by atoms with Crippen LogP contribution < -0.4 is 14.8 Å². The number of carbonyl (C=O) groups is 1. The van der Waals surface area contributed by atoms with Crippen molar-refractivity contribution in [3.8, 4) is 5.75 Å². The number of carbonyl (C=O) groups excluding carboxylic acids is 1. The first-order chi connectivity index (χ1) is 13.6. The summed E-state index contributed by atoms with van der Waals surface area (Å²) in [5, 5.41) is 2.75. The summed E-state index contributed by atoms with van der Waals surface area (Å²) in [4.78, 5) is 14.7. The van der Waals surface area contributed by atoms with Crippen molar-refractivity contribution in [3.63, 3.8) is 0 Å². The number of benzene rings is 1. The standard InChI is InChI=1S/C18H27N3O6S2/c1-13(20-29(25,26)15-7-5-14(27-2)6-8-15)18(22)19-16-11-28(23,24)12-17(16)21-9-3-4-10-21/h5-8,13,16-17,20H,3-4,9-12H2,1-2H3,(H,19,22)/t13-,16?,17?/m0/s1. The molecule has 0 saturated carbocycles. The summed E-state index contributed by atoms with van der Waals surface area (Å²) in [6.45, 7) is 3.06. The molecular formula is C18H27N3O6S2. The van der Waals surface area contributed by atoms with Crippen LogP contribution in [0.5, 0.6) is 5.75 Å². The van der Waals surface area contributed by atoms with E-state index in [-0.39, 0.29) is 22.4 Å². The highest BCUT2D eigenvalue weighted by molar-refractivity contribution is 7.91. The molecule has 0 spiro atoms. The summed E-state index contributed by atoms with van der Waals surface area (Å²) in [7, 11) is -5.68. The predicted molar refractivity (Wildman–Crippen MR) is 108 cm³/mol. The van der Waals surface area contributed by atoms with Crippen LogP contribution in [0.2, 0.25) is 0 Å². The topological polar surface area (TPSA) is 122 Å². The second-order valence-electron chi connectivity index (χ2n) is 7.52. The van der Waals surface area contributed by atoms with Crippen LogP contribution in [-0.4, -0.2) is 77.5 Å². The number of hydrogen-bond donors (Lipinski definition) is 2. The monoisotopic (exact) mass is 445 g/mol. The summed E-state index contributed by atoms with van der Waals surface area (Å²) >= 11 is 0. The van der Waals surface area contributed by atoms with E-state index in [1.54, 1.807) is 0 Å². The van der Waals surface area contributed by atoms with Gasteiger partial charge in [0.1, 0.15) is 5.75 Å². The molecule has 11 heteroatoms. The van der Waals surface area contributed by atoms with Gasteiger partial charge >= 0.3 is 0 Å². The predicted octanol–water partition coefficient (Wildman–Crippen LogP) is -0.260. The van der Waals surface area contributed by atoms with E-state index >= 15 is 0 Å². The molecule has 2 unspecified atom stereocenters. The van der Waals surface area contributed by atoms with Crippen LogP contribution in [0.1, 0.15) is 19.8 Å². The van der Waals surface area contributed by atoms with E-state index in [1.165, 1.54) is 38.3 Å². The van der Waals surface area contributed by atoms with Crippen LogP contribution in [0.15, 0.2) is 29.2 Å². The van der Waals surface area contributed by atoms with Gasteiger partial charge in [0.25, 0.3) is 0 Å². The molecule has 0 radical (unpaired) electrons. The molecule has 2 fully saturated rings. The molecule has 3 rings (SSSR count). The maximum atomic E-state index is 12.6. The van der Waals surface area contributed by atoms with Gasteiger partial charge < -0.3 is 10.1 Å². The molecule has 2 aliphatic rings. The smallest absolute Gasteiger partial charge is 0.241 e. The van der Waals surface area contributed by atoms with Crippen molar-refractivity contribution in [1.29, 1.82) is 0 Å². The Bertz CT molecular complexity index is 940. The molecule has 29 heavy (non-hydrogen) atoms. The molecule has 9 nitrogen and oxygen atoms in total. The van der Waals surface area contributed by atoms with Gasteiger partial charge in [0.15, 0.2) is 9.84 Å². The molecule has 2 saturated heterocycles. The molecule has 0 bridgehead atoms. The van der Waals surface area contributed by atoms with Crippen molar-refractivity contribution in [2.24, 2.45) is 0 Å². The normalized spacial score (nSPS) is 25.6. The lowest BCUT2D eigenvalue weighted by Crippen LogP contribution is -2.54. The van der Waals surface area contributed by atoms with Crippen molar-refractivity contribution in [2.45, 2.75) is 42.8 Å². The molecule has 2 heterocycles. The van der Waals surface area contributed by atoms with E-state index in [9.17, 15) is 21.6 Å². The minimum absolute atomic E-state index is 0.0105. The minimum Gasteiger partial charge on any atom is -0.497 e. The van der Waals surface area contributed by atoms with Gasteiger partial charge in [-0.15, -0.1) is 0 Å². The molecule has 0 aromatic heterocycles. The maximum absolute atomic E-state index is 12.6. The van der Waals surface area contributed by atoms with E-state index in [1.807, 2.05) is 0 Å². The molecule has 2 N–H and O–H groups in total. The first-order valence-electron chi connectivity index (χ1n) is 9.52. The number of amides is 1. The van der Waals surface area contributed by atoms with Crippen LogP contribution in [0.4, 0.5) is 0 Å². The number of sulfone groups is 1. The fourth-order valence-corrected chi connectivity index (χ4v) is 6.97. The van der Waals surface area contributed by atoms with E-state index in [2.05, 4.69) is 14.9 Å². The number of methoxy groups -OCH3 is 1. The Hall–Kier alpha value is -1.69. The second-order valence-corrected chi connectivity index (χ2v) is 11.4. The van der Waals surface area contributed by atoms with Crippen molar-refractivity contribution >= 4 is 25.8 Å². The zero-order chi connectivity index (χ0) is 21.2. The average molecular weight is 446 g/mol. The fourth-order valence-electron chi connectivity index (χ4n) is 3.82. The summed E-state index contributed by atoms with van der Waals surface area (Å²) in [5.74, 6) is -0.139. The highest BCUT2D eigenvalue weighted by Crippen LogP contribution is 2.23. The van der Waals surface area contributed by atoms with Gasteiger partial charge in [-0.1, -0.05) is 0 Å². The Morgan fingerprint density at radius 3 is 2.38 bits per heavy atom. The van der Waals surface area contributed by atoms with Gasteiger partial charge in [-0.2, -0.15) is 4.72 Å². The first kappa shape index (κ1) is 22.0. The fraction of sp³-hybridized carbons (Fsp3) is 0.611. The summed E-state index contributed by atoms with van der Waals surface area (Å²) < 4.78 is 56.7. The van der Waals surface area contributed by atoms with Crippen molar-refractivity contribution in [1.82, 2.24) is 14.9 Å². The Morgan fingerprint density at radius 2 is 1.79 bits per heavy atom. The van der Waals surface area contributed by atoms with Crippen LogP contribution in [0, 0.1) is 0 Å². The Morgan fingerprint density at radius 1 is 1.17 bits per heavy atom.